The van der Waals surface area contributed by atoms with Crippen molar-refractivity contribution >= 4 is 39.0 Å². The van der Waals surface area contributed by atoms with Crippen molar-refractivity contribution in [3.8, 4) is 0 Å². The van der Waals surface area contributed by atoms with Crippen molar-refractivity contribution in [2.75, 3.05) is 5.32 Å². The minimum atomic E-state index is -0.360. The topological polar surface area (TPSA) is 21.3 Å². The lowest BCUT2D eigenvalue weighted by Crippen LogP contribution is -2.34. The second kappa shape index (κ2) is 3.21. The molecule has 0 saturated carbocycles. The zero-order valence-corrected chi connectivity index (χ0v) is 10.3. The Kier molecular flexibility index (Phi) is 2.27. The maximum atomic E-state index is 5.55. The molecule has 1 heterocycles. The van der Waals surface area contributed by atoms with Gasteiger partial charge in [-0.3, -0.25) is 0 Å². The van der Waals surface area contributed by atoms with Gasteiger partial charge in [-0.25, -0.2) is 0 Å². The first kappa shape index (κ1) is 9.93. The SMILES string of the molecule is CC1(C)OC(=S)Nc2ccc(Br)cc21. The highest BCUT2D eigenvalue weighted by Crippen LogP contribution is 2.36. The fourth-order valence-electron chi connectivity index (χ4n) is 1.55. The summed E-state index contributed by atoms with van der Waals surface area (Å²) in [4.78, 5) is 0. The molecule has 0 unspecified atom stereocenters. The van der Waals surface area contributed by atoms with Crippen LogP contribution in [0.2, 0.25) is 0 Å². The summed E-state index contributed by atoms with van der Waals surface area (Å²) >= 11 is 8.46. The number of benzene rings is 1. The fraction of sp³-hybridized carbons (Fsp3) is 0.300. The van der Waals surface area contributed by atoms with Crippen LogP contribution in [0.4, 0.5) is 5.69 Å². The molecule has 2 rings (SSSR count). The van der Waals surface area contributed by atoms with Crippen LogP contribution in [0.15, 0.2) is 22.7 Å². The average Bonchev–Trinajstić information content (AvgIpc) is 2.05. The van der Waals surface area contributed by atoms with Crippen LogP contribution in [0.5, 0.6) is 0 Å². The zero-order valence-electron chi connectivity index (χ0n) is 7.93. The zero-order chi connectivity index (χ0) is 10.3. The Morgan fingerprint density at radius 1 is 1.43 bits per heavy atom. The summed E-state index contributed by atoms with van der Waals surface area (Å²) < 4.78 is 6.60. The minimum absolute atomic E-state index is 0.360. The van der Waals surface area contributed by atoms with Gasteiger partial charge in [0.1, 0.15) is 5.60 Å². The number of anilines is 1. The van der Waals surface area contributed by atoms with Gasteiger partial charge in [-0.05, 0) is 44.3 Å². The molecule has 0 aromatic heterocycles. The summed E-state index contributed by atoms with van der Waals surface area (Å²) in [5, 5.41) is 3.47. The molecule has 0 aliphatic carbocycles. The molecule has 0 bridgehead atoms. The third kappa shape index (κ3) is 1.64. The molecule has 0 fully saturated rings. The molecular weight excluding hydrogens is 262 g/mol. The van der Waals surface area contributed by atoms with Crippen molar-refractivity contribution < 1.29 is 4.74 Å². The summed E-state index contributed by atoms with van der Waals surface area (Å²) in [5.41, 5.74) is 1.77. The van der Waals surface area contributed by atoms with Gasteiger partial charge < -0.3 is 10.1 Å². The van der Waals surface area contributed by atoms with Crippen molar-refractivity contribution in [1.82, 2.24) is 0 Å². The van der Waals surface area contributed by atoms with Gasteiger partial charge in [-0.15, -0.1) is 0 Å². The molecular formula is C10H10BrNOS. The number of thiocarbonyl (C=S) groups is 1. The van der Waals surface area contributed by atoms with Crippen LogP contribution in [-0.2, 0) is 10.3 Å². The molecule has 2 nitrogen and oxygen atoms in total. The van der Waals surface area contributed by atoms with E-state index in [1.807, 2.05) is 32.0 Å². The first-order valence-corrected chi connectivity index (χ1v) is 5.49. The van der Waals surface area contributed by atoms with E-state index in [1.54, 1.807) is 0 Å². The predicted octanol–water partition coefficient (Wildman–Crippen LogP) is 3.41. The van der Waals surface area contributed by atoms with Crippen molar-refractivity contribution in [3.63, 3.8) is 0 Å². The van der Waals surface area contributed by atoms with Crippen molar-refractivity contribution in [2.24, 2.45) is 0 Å². The maximum absolute atomic E-state index is 5.55. The number of hydrogen-bond acceptors (Lipinski definition) is 2. The highest BCUT2D eigenvalue weighted by molar-refractivity contribution is 9.10. The summed E-state index contributed by atoms with van der Waals surface area (Å²) in [7, 11) is 0. The number of halogens is 1. The van der Waals surface area contributed by atoms with E-state index in [0.717, 1.165) is 15.7 Å². The second-order valence-electron chi connectivity index (χ2n) is 3.71. The van der Waals surface area contributed by atoms with E-state index < -0.39 is 0 Å². The average molecular weight is 272 g/mol. The standard InChI is InChI=1S/C10H10BrNOS/c1-10(2)7-5-6(11)3-4-8(7)12-9(14)13-10/h3-5H,1-2H3,(H,12,14). The van der Waals surface area contributed by atoms with Crippen LogP contribution < -0.4 is 5.32 Å². The Hall–Kier alpha value is -0.610. The lowest BCUT2D eigenvalue weighted by molar-refractivity contribution is 0.0946. The van der Waals surface area contributed by atoms with Gasteiger partial charge in [-0.1, -0.05) is 15.9 Å². The van der Waals surface area contributed by atoms with Gasteiger partial charge in [0.05, 0.1) is 0 Å². The number of fused-ring (bicyclic) bond motifs is 1. The molecule has 1 N–H and O–H groups in total. The summed E-state index contributed by atoms with van der Waals surface area (Å²) in [6.45, 7) is 4.01. The molecule has 1 aromatic rings. The summed E-state index contributed by atoms with van der Waals surface area (Å²) in [6, 6.07) is 6.02. The van der Waals surface area contributed by atoms with Gasteiger partial charge in [0.25, 0.3) is 5.17 Å². The van der Waals surface area contributed by atoms with Gasteiger partial charge in [0.2, 0.25) is 0 Å². The van der Waals surface area contributed by atoms with Crippen molar-refractivity contribution in [3.05, 3.63) is 28.2 Å². The first-order chi connectivity index (χ1) is 6.49. The molecule has 1 aliphatic heterocycles. The molecule has 1 aliphatic rings. The van der Waals surface area contributed by atoms with Crippen LogP contribution >= 0.6 is 28.1 Å². The van der Waals surface area contributed by atoms with Crippen molar-refractivity contribution in [1.29, 1.82) is 0 Å². The van der Waals surface area contributed by atoms with E-state index in [-0.39, 0.29) is 5.60 Å². The van der Waals surface area contributed by atoms with Gasteiger partial charge in [0, 0.05) is 15.7 Å². The molecule has 0 radical (unpaired) electrons. The van der Waals surface area contributed by atoms with Crippen LogP contribution in [0, 0.1) is 0 Å². The molecule has 0 saturated heterocycles. The van der Waals surface area contributed by atoms with Crippen molar-refractivity contribution in [2.45, 2.75) is 19.4 Å². The monoisotopic (exact) mass is 271 g/mol. The van der Waals surface area contributed by atoms with Crippen LogP contribution in [0.25, 0.3) is 0 Å². The van der Waals surface area contributed by atoms with Gasteiger partial charge in [-0.2, -0.15) is 0 Å². The lowest BCUT2D eigenvalue weighted by atomic mass is 9.95. The Morgan fingerprint density at radius 3 is 2.86 bits per heavy atom. The molecule has 0 amide bonds. The van der Waals surface area contributed by atoms with E-state index in [9.17, 15) is 0 Å². The fourth-order valence-corrected chi connectivity index (χ4v) is 2.23. The highest BCUT2D eigenvalue weighted by atomic mass is 79.9. The Bertz CT molecular complexity index is 403. The second-order valence-corrected chi connectivity index (χ2v) is 5.00. The van der Waals surface area contributed by atoms with Crippen LogP contribution in [-0.4, -0.2) is 5.17 Å². The molecule has 14 heavy (non-hydrogen) atoms. The number of nitrogens with one attached hydrogen (secondary N) is 1. The molecule has 1 aromatic carbocycles. The predicted molar refractivity (Wildman–Crippen MR) is 64.5 cm³/mol. The highest BCUT2D eigenvalue weighted by Gasteiger charge is 2.31. The normalized spacial score (nSPS) is 18.1. The smallest absolute Gasteiger partial charge is 0.262 e. The van der Waals surface area contributed by atoms with E-state index >= 15 is 0 Å². The van der Waals surface area contributed by atoms with E-state index in [0.29, 0.717) is 5.17 Å². The molecule has 4 heteroatoms. The summed E-state index contributed by atoms with van der Waals surface area (Å²) in [5.74, 6) is 0. The minimum Gasteiger partial charge on any atom is -0.460 e. The Balaban J connectivity index is 2.58. The number of ether oxygens (including phenoxy) is 1. The number of hydrogen-bond donors (Lipinski definition) is 1. The third-order valence-electron chi connectivity index (χ3n) is 2.21. The molecule has 74 valence electrons. The maximum Gasteiger partial charge on any atom is 0.262 e. The molecule has 0 atom stereocenters. The lowest BCUT2D eigenvalue weighted by Gasteiger charge is -2.34. The largest absolute Gasteiger partial charge is 0.460 e. The Morgan fingerprint density at radius 2 is 2.14 bits per heavy atom. The molecule has 0 spiro atoms. The van der Waals surface area contributed by atoms with Gasteiger partial charge in [0.15, 0.2) is 0 Å². The van der Waals surface area contributed by atoms with E-state index in [2.05, 4.69) is 21.2 Å². The van der Waals surface area contributed by atoms with Gasteiger partial charge >= 0.3 is 0 Å². The summed E-state index contributed by atoms with van der Waals surface area (Å²) in [6.07, 6.45) is 0. The number of rotatable bonds is 0. The van der Waals surface area contributed by atoms with E-state index in [1.165, 1.54) is 0 Å². The van der Waals surface area contributed by atoms with Crippen LogP contribution in [0.1, 0.15) is 19.4 Å². The first-order valence-electron chi connectivity index (χ1n) is 4.29. The van der Waals surface area contributed by atoms with Crippen LogP contribution in [0.3, 0.4) is 0 Å². The quantitative estimate of drug-likeness (QED) is 0.731. The Labute approximate surface area is 96.8 Å². The van der Waals surface area contributed by atoms with E-state index in [4.69, 9.17) is 17.0 Å². The third-order valence-corrected chi connectivity index (χ3v) is 2.89.